The lowest BCUT2D eigenvalue weighted by Crippen LogP contribution is -2.14. The molecule has 2 N–H and O–H groups in total. The van der Waals surface area contributed by atoms with Crippen molar-refractivity contribution in [1.82, 2.24) is 9.97 Å². The Morgan fingerprint density at radius 2 is 1.94 bits per heavy atom. The molecule has 0 saturated carbocycles. The maximum absolute atomic E-state index is 6.12. The van der Waals surface area contributed by atoms with Crippen molar-refractivity contribution in [3.05, 3.63) is 54.1 Å². The van der Waals surface area contributed by atoms with Crippen molar-refractivity contribution in [3.63, 3.8) is 0 Å². The van der Waals surface area contributed by atoms with Gasteiger partial charge in [0.05, 0.1) is 7.11 Å². The van der Waals surface area contributed by atoms with Crippen LogP contribution in [-0.2, 0) is 6.42 Å². The standard InChI is InChI=1S/C13H15N3O/c1-17-13-5-3-2-4-10(13)6-12(14)11-7-15-9-16-8-11/h2-5,7-9,12H,6,14H2,1H3. The minimum atomic E-state index is -0.118. The monoisotopic (exact) mass is 229 g/mol. The average Bonchev–Trinajstić information content (AvgIpc) is 2.40. The highest BCUT2D eigenvalue weighted by Crippen LogP contribution is 2.22. The van der Waals surface area contributed by atoms with Crippen LogP contribution in [0.1, 0.15) is 17.2 Å². The summed E-state index contributed by atoms with van der Waals surface area (Å²) in [4.78, 5) is 7.94. The summed E-state index contributed by atoms with van der Waals surface area (Å²) in [7, 11) is 1.66. The van der Waals surface area contributed by atoms with Crippen LogP contribution in [0.2, 0.25) is 0 Å². The van der Waals surface area contributed by atoms with E-state index in [0.29, 0.717) is 6.42 Å². The molecule has 0 aliphatic rings. The Morgan fingerprint density at radius 1 is 1.24 bits per heavy atom. The lowest BCUT2D eigenvalue weighted by Gasteiger charge is -2.13. The molecule has 0 aliphatic heterocycles. The normalized spacial score (nSPS) is 12.1. The van der Waals surface area contributed by atoms with Crippen LogP contribution in [0.5, 0.6) is 5.75 Å². The van der Waals surface area contributed by atoms with Crippen LogP contribution < -0.4 is 10.5 Å². The molecule has 0 bridgehead atoms. The summed E-state index contributed by atoms with van der Waals surface area (Å²) in [5.74, 6) is 0.861. The molecule has 0 radical (unpaired) electrons. The van der Waals surface area contributed by atoms with E-state index in [4.69, 9.17) is 10.5 Å². The van der Waals surface area contributed by atoms with Gasteiger partial charge in [-0.15, -0.1) is 0 Å². The Hall–Kier alpha value is -1.94. The fourth-order valence-corrected chi connectivity index (χ4v) is 1.73. The summed E-state index contributed by atoms with van der Waals surface area (Å²) >= 11 is 0. The molecule has 4 nitrogen and oxygen atoms in total. The second-order valence-electron chi connectivity index (χ2n) is 3.79. The zero-order chi connectivity index (χ0) is 12.1. The van der Waals surface area contributed by atoms with Gasteiger partial charge < -0.3 is 10.5 Å². The molecule has 0 spiro atoms. The minimum absolute atomic E-state index is 0.118. The lowest BCUT2D eigenvalue weighted by molar-refractivity contribution is 0.408. The van der Waals surface area contributed by atoms with E-state index >= 15 is 0 Å². The van der Waals surface area contributed by atoms with E-state index in [2.05, 4.69) is 9.97 Å². The zero-order valence-electron chi connectivity index (χ0n) is 9.71. The minimum Gasteiger partial charge on any atom is -0.496 e. The SMILES string of the molecule is COc1ccccc1CC(N)c1cncnc1. The molecular weight excluding hydrogens is 214 g/mol. The predicted octanol–water partition coefficient (Wildman–Crippen LogP) is 1.73. The number of benzene rings is 1. The van der Waals surface area contributed by atoms with Crippen LogP contribution in [-0.4, -0.2) is 17.1 Å². The molecule has 2 aromatic rings. The molecular formula is C13H15N3O. The van der Waals surface area contributed by atoms with E-state index in [1.54, 1.807) is 19.5 Å². The first-order valence-corrected chi connectivity index (χ1v) is 5.43. The van der Waals surface area contributed by atoms with E-state index in [-0.39, 0.29) is 6.04 Å². The van der Waals surface area contributed by atoms with Gasteiger partial charge in [0.25, 0.3) is 0 Å². The molecule has 1 aromatic heterocycles. The molecule has 0 aliphatic carbocycles. The Morgan fingerprint density at radius 3 is 2.65 bits per heavy atom. The fourth-order valence-electron chi connectivity index (χ4n) is 1.73. The van der Waals surface area contributed by atoms with Gasteiger partial charge in [0.1, 0.15) is 12.1 Å². The van der Waals surface area contributed by atoms with Gasteiger partial charge in [-0.2, -0.15) is 0 Å². The second kappa shape index (κ2) is 5.41. The maximum atomic E-state index is 6.12. The highest BCUT2D eigenvalue weighted by molar-refractivity contribution is 5.34. The molecule has 17 heavy (non-hydrogen) atoms. The molecule has 0 fully saturated rings. The van der Waals surface area contributed by atoms with Gasteiger partial charge in [0.2, 0.25) is 0 Å². The maximum Gasteiger partial charge on any atom is 0.122 e. The molecule has 4 heteroatoms. The summed E-state index contributed by atoms with van der Waals surface area (Å²) in [5.41, 5.74) is 8.13. The van der Waals surface area contributed by atoms with Crippen LogP contribution in [0, 0.1) is 0 Å². The third kappa shape index (κ3) is 2.79. The summed E-state index contributed by atoms with van der Waals surface area (Å²) in [6.07, 6.45) is 5.69. The van der Waals surface area contributed by atoms with Crippen molar-refractivity contribution < 1.29 is 4.74 Å². The van der Waals surface area contributed by atoms with Crippen molar-refractivity contribution >= 4 is 0 Å². The molecule has 1 aromatic carbocycles. The van der Waals surface area contributed by atoms with Gasteiger partial charge in [0.15, 0.2) is 0 Å². The third-order valence-corrected chi connectivity index (χ3v) is 2.64. The molecule has 2 rings (SSSR count). The van der Waals surface area contributed by atoms with Gasteiger partial charge in [-0.3, -0.25) is 0 Å². The van der Waals surface area contributed by atoms with Crippen molar-refractivity contribution in [2.75, 3.05) is 7.11 Å². The van der Waals surface area contributed by atoms with E-state index in [0.717, 1.165) is 16.9 Å². The van der Waals surface area contributed by atoms with Crippen LogP contribution in [0.15, 0.2) is 43.0 Å². The number of methoxy groups -OCH3 is 1. The quantitative estimate of drug-likeness (QED) is 0.867. The Kier molecular flexibility index (Phi) is 3.67. The van der Waals surface area contributed by atoms with Gasteiger partial charge in [0, 0.05) is 24.0 Å². The van der Waals surface area contributed by atoms with Crippen LogP contribution in [0.4, 0.5) is 0 Å². The molecule has 1 atom stereocenters. The number of para-hydroxylation sites is 1. The van der Waals surface area contributed by atoms with Crippen LogP contribution in [0.25, 0.3) is 0 Å². The van der Waals surface area contributed by atoms with E-state index in [1.165, 1.54) is 6.33 Å². The number of rotatable bonds is 4. The topological polar surface area (TPSA) is 61.0 Å². The molecule has 0 amide bonds. The fraction of sp³-hybridized carbons (Fsp3) is 0.231. The first-order valence-electron chi connectivity index (χ1n) is 5.43. The summed E-state index contributed by atoms with van der Waals surface area (Å²) in [5, 5.41) is 0. The largest absolute Gasteiger partial charge is 0.496 e. The number of nitrogens with zero attached hydrogens (tertiary/aromatic N) is 2. The molecule has 1 unspecified atom stereocenters. The Labute approximate surface area is 100 Å². The van der Waals surface area contributed by atoms with Crippen LogP contribution >= 0.6 is 0 Å². The Balaban J connectivity index is 2.16. The van der Waals surface area contributed by atoms with Crippen molar-refractivity contribution in [3.8, 4) is 5.75 Å². The van der Waals surface area contributed by atoms with Crippen molar-refractivity contribution in [1.29, 1.82) is 0 Å². The van der Waals surface area contributed by atoms with Gasteiger partial charge >= 0.3 is 0 Å². The third-order valence-electron chi connectivity index (χ3n) is 2.64. The molecule has 1 heterocycles. The highest BCUT2D eigenvalue weighted by atomic mass is 16.5. The number of ether oxygens (including phenoxy) is 1. The lowest BCUT2D eigenvalue weighted by atomic mass is 10.0. The van der Waals surface area contributed by atoms with Gasteiger partial charge in [-0.1, -0.05) is 18.2 Å². The number of nitrogens with two attached hydrogens (primary N) is 1. The first-order chi connectivity index (χ1) is 8.31. The van der Waals surface area contributed by atoms with Crippen molar-refractivity contribution in [2.24, 2.45) is 5.73 Å². The molecule has 0 saturated heterocycles. The number of hydrogen-bond acceptors (Lipinski definition) is 4. The van der Waals surface area contributed by atoms with Crippen LogP contribution in [0.3, 0.4) is 0 Å². The predicted molar refractivity (Wildman–Crippen MR) is 65.7 cm³/mol. The first kappa shape index (κ1) is 11.5. The number of hydrogen-bond donors (Lipinski definition) is 1. The molecule has 88 valence electrons. The second-order valence-corrected chi connectivity index (χ2v) is 3.79. The summed E-state index contributed by atoms with van der Waals surface area (Å²) in [6, 6.07) is 7.75. The summed E-state index contributed by atoms with van der Waals surface area (Å²) < 4.78 is 5.30. The van der Waals surface area contributed by atoms with Gasteiger partial charge in [-0.05, 0) is 18.1 Å². The van der Waals surface area contributed by atoms with E-state index in [9.17, 15) is 0 Å². The van der Waals surface area contributed by atoms with E-state index in [1.807, 2.05) is 24.3 Å². The smallest absolute Gasteiger partial charge is 0.122 e. The average molecular weight is 229 g/mol. The van der Waals surface area contributed by atoms with E-state index < -0.39 is 0 Å². The van der Waals surface area contributed by atoms with Crippen molar-refractivity contribution in [2.45, 2.75) is 12.5 Å². The summed E-state index contributed by atoms with van der Waals surface area (Å²) in [6.45, 7) is 0. The zero-order valence-corrected chi connectivity index (χ0v) is 9.71. The number of aromatic nitrogens is 2. The highest BCUT2D eigenvalue weighted by Gasteiger charge is 2.10. The van der Waals surface area contributed by atoms with Gasteiger partial charge in [-0.25, -0.2) is 9.97 Å². The Bertz CT molecular complexity index is 473.